The zero-order valence-corrected chi connectivity index (χ0v) is 17.4. The van der Waals surface area contributed by atoms with Gasteiger partial charge in [0.25, 0.3) is 0 Å². The van der Waals surface area contributed by atoms with Crippen LogP contribution in [0.15, 0.2) is 0 Å². The monoisotopic (exact) mass is 408 g/mol. The summed E-state index contributed by atoms with van der Waals surface area (Å²) >= 11 is 1.45. The third-order valence-electron chi connectivity index (χ3n) is 3.30. The number of hydrogen-bond acceptors (Lipinski definition) is 8. The molecule has 2 amide bonds. The van der Waals surface area contributed by atoms with Crippen LogP contribution in [0, 0.1) is 5.92 Å². The SMILES string of the molecule is COCCOCCOC(=O)NC(CSCCOC)C(=O)NCC(=O)C(C)C. The van der Waals surface area contributed by atoms with Gasteiger partial charge in [-0.15, -0.1) is 0 Å². The lowest BCUT2D eigenvalue weighted by Crippen LogP contribution is -2.50. The molecular weight excluding hydrogens is 376 g/mol. The van der Waals surface area contributed by atoms with Gasteiger partial charge in [-0.2, -0.15) is 11.8 Å². The van der Waals surface area contributed by atoms with Crippen LogP contribution in [0.25, 0.3) is 0 Å². The molecule has 1 unspecified atom stereocenters. The Balaban J connectivity index is 4.36. The maximum atomic E-state index is 12.3. The zero-order chi connectivity index (χ0) is 20.5. The van der Waals surface area contributed by atoms with Gasteiger partial charge in [0, 0.05) is 31.6 Å². The summed E-state index contributed by atoms with van der Waals surface area (Å²) < 4.78 is 20.0. The van der Waals surface area contributed by atoms with Crippen LogP contribution in [0.2, 0.25) is 0 Å². The minimum absolute atomic E-state index is 0.0620. The highest BCUT2D eigenvalue weighted by Gasteiger charge is 2.22. The molecule has 0 aliphatic rings. The van der Waals surface area contributed by atoms with Gasteiger partial charge in [0.15, 0.2) is 5.78 Å². The Kier molecular flexibility index (Phi) is 15.9. The molecule has 0 rings (SSSR count). The van der Waals surface area contributed by atoms with Gasteiger partial charge in [0.1, 0.15) is 12.6 Å². The van der Waals surface area contributed by atoms with Gasteiger partial charge in [0.05, 0.1) is 33.0 Å². The number of Topliss-reactive ketones (excluding diaryl/α,β-unsaturated/α-hetero) is 1. The fourth-order valence-corrected chi connectivity index (χ4v) is 2.57. The van der Waals surface area contributed by atoms with E-state index < -0.39 is 18.0 Å². The minimum Gasteiger partial charge on any atom is -0.447 e. The van der Waals surface area contributed by atoms with E-state index in [0.29, 0.717) is 31.3 Å². The Morgan fingerprint density at radius 3 is 2.26 bits per heavy atom. The molecule has 0 radical (unpaired) electrons. The Morgan fingerprint density at radius 2 is 1.63 bits per heavy atom. The van der Waals surface area contributed by atoms with Crippen LogP contribution in [-0.2, 0) is 28.5 Å². The van der Waals surface area contributed by atoms with Gasteiger partial charge >= 0.3 is 6.09 Å². The van der Waals surface area contributed by atoms with Gasteiger partial charge in [-0.05, 0) is 0 Å². The third kappa shape index (κ3) is 14.4. The van der Waals surface area contributed by atoms with E-state index in [1.54, 1.807) is 28.1 Å². The molecule has 9 nitrogen and oxygen atoms in total. The highest BCUT2D eigenvalue weighted by atomic mass is 32.2. The predicted octanol–water partition coefficient (Wildman–Crippen LogP) is 0.465. The Hall–Kier alpha value is -1.36. The number of alkyl carbamates (subject to hydrolysis) is 1. The second-order valence-electron chi connectivity index (χ2n) is 5.84. The molecule has 0 fully saturated rings. The minimum atomic E-state index is -0.811. The maximum Gasteiger partial charge on any atom is 0.407 e. The van der Waals surface area contributed by atoms with E-state index >= 15 is 0 Å². The van der Waals surface area contributed by atoms with Crippen molar-refractivity contribution in [2.45, 2.75) is 19.9 Å². The molecule has 1 atom stereocenters. The van der Waals surface area contributed by atoms with E-state index in [9.17, 15) is 14.4 Å². The van der Waals surface area contributed by atoms with E-state index in [4.69, 9.17) is 18.9 Å². The standard InChI is InChI=1S/C17H32N2O7S/c1-13(2)15(20)11-18-16(21)14(12-27-10-9-24-4)19-17(22)26-8-7-25-6-5-23-3/h13-14H,5-12H2,1-4H3,(H,18,21)(H,19,22). The average Bonchev–Trinajstić information content (AvgIpc) is 2.64. The highest BCUT2D eigenvalue weighted by Crippen LogP contribution is 2.04. The van der Waals surface area contributed by atoms with Crippen LogP contribution in [0.5, 0.6) is 0 Å². The second kappa shape index (κ2) is 16.8. The molecule has 0 aromatic heterocycles. The molecule has 2 N–H and O–H groups in total. The van der Waals surface area contributed by atoms with Crippen molar-refractivity contribution >= 4 is 29.5 Å². The lowest BCUT2D eigenvalue weighted by atomic mass is 10.1. The first-order chi connectivity index (χ1) is 12.9. The van der Waals surface area contributed by atoms with Crippen LogP contribution in [0.4, 0.5) is 4.79 Å². The number of carbonyl (C=O) groups is 3. The van der Waals surface area contributed by atoms with Crippen molar-refractivity contribution < 1.29 is 33.3 Å². The van der Waals surface area contributed by atoms with E-state index in [1.165, 1.54) is 11.8 Å². The first-order valence-electron chi connectivity index (χ1n) is 8.79. The number of ketones is 1. The molecule has 0 aromatic rings. The van der Waals surface area contributed by atoms with E-state index in [2.05, 4.69) is 10.6 Å². The topological polar surface area (TPSA) is 112 Å². The summed E-state index contributed by atoms with van der Waals surface area (Å²) in [5, 5.41) is 5.08. The Bertz CT molecular complexity index is 436. The average molecular weight is 409 g/mol. The molecule has 0 heterocycles. The summed E-state index contributed by atoms with van der Waals surface area (Å²) in [4.78, 5) is 35.9. The van der Waals surface area contributed by atoms with Gasteiger partial charge in [-0.1, -0.05) is 13.8 Å². The number of amides is 2. The van der Waals surface area contributed by atoms with Crippen molar-refractivity contribution in [1.29, 1.82) is 0 Å². The fourth-order valence-electron chi connectivity index (χ4n) is 1.65. The van der Waals surface area contributed by atoms with Gasteiger partial charge in [0.2, 0.25) is 5.91 Å². The van der Waals surface area contributed by atoms with Crippen LogP contribution in [0.1, 0.15) is 13.8 Å². The summed E-state index contributed by atoms with van der Waals surface area (Å²) in [6, 6.07) is -0.811. The van der Waals surface area contributed by atoms with Crippen LogP contribution in [-0.4, -0.2) is 89.1 Å². The van der Waals surface area contributed by atoms with E-state index in [0.717, 1.165) is 0 Å². The summed E-state index contributed by atoms with van der Waals surface area (Å²) in [5.41, 5.74) is 0. The van der Waals surface area contributed by atoms with Crippen molar-refractivity contribution in [2.24, 2.45) is 5.92 Å². The third-order valence-corrected chi connectivity index (χ3v) is 4.32. The summed E-state index contributed by atoms with van der Waals surface area (Å²) in [5.74, 6) is 0.336. The molecule has 27 heavy (non-hydrogen) atoms. The van der Waals surface area contributed by atoms with E-state index in [-0.39, 0.29) is 31.5 Å². The van der Waals surface area contributed by atoms with Crippen LogP contribution < -0.4 is 10.6 Å². The van der Waals surface area contributed by atoms with Crippen LogP contribution >= 0.6 is 11.8 Å². The Labute approximate surface area is 165 Å². The molecular formula is C17H32N2O7S. The molecule has 0 bridgehead atoms. The van der Waals surface area contributed by atoms with Crippen molar-refractivity contribution in [1.82, 2.24) is 10.6 Å². The van der Waals surface area contributed by atoms with Crippen molar-refractivity contribution in [3.8, 4) is 0 Å². The summed E-state index contributed by atoms with van der Waals surface area (Å²) in [6.07, 6.45) is -0.715. The first kappa shape index (κ1) is 25.6. The van der Waals surface area contributed by atoms with Gasteiger partial charge in [-0.25, -0.2) is 4.79 Å². The van der Waals surface area contributed by atoms with Gasteiger partial charge in [-0.3, -0.25) is 9.59 Å². The molecule has 10 heteroatoms. The zero-order valence-electron chi connectivity index (χ0n) is 16.6. The number of thioether (sulfide) groups is 1. The molecule has 0 saturated heterocycles. The molecule has 0 aliphatic heterocycles. The number of rotatable bonds is 16. The number of hydrogen-bond donors (Lipinski definition) is 2. The Morgan fingerprint density at radius 1 is 0.963 bits per heavy atom. The van der Waals surface area contributed by atoms with Crippen molar-refractivity contribution in [3.05, 3.63) is 0 Å². The number of ether oxygens (including phenoxy) is 4. The van der Waals surface area contributed by atoms with Gasteiger partial charge < -0.3 is 29.6 Å². The quantitative estimate of drug-likeness (QED) is 0.354. The number of methoxy groups -OCH3 is 2. The lowest BCUT2D eigenvalue weighted by molar-refractivity contribution is -0.127. The van der Waals surface area contributed by atoms with E-state index in [1.807, 2.05) is 0 Å². The predicted molar refractivity (Wildman–Crippen MR) is 103 cm³/mol. The lowest BCUT2D eigenvalue weighted by Gasteiger charge is -2.18. The first-order valence-corrected chi connectivity index (χ1v) is 9.94. The van der Waals surface area contributed by atoms with Crippen molar-refractivity contribution in [3.63, 3.8) is 0 Å². The molecule has 0 spiro atoms. The molecule has 0 aromatic carbocycles. The summed E-state index contributed by atoms with van der Waals surface area (Å²) in [7, 11) is 3.16. The molecule has 0 saturated carbocycles. The molecule has 158 valence electrons. The fraction of sp³-hybridized carbons (Fsp3) is 0.824. The highest BCUT2D eigenvalue weighted by molar-refractivity contribution is 7.99. The summed E-state index contributed by atoms with van der Waals surface area (Å²) in [6.45, 7) is 5.15. The normalized spacial score (nSPS) is 11.9. The smallest absolute Gasteiger partial charge is 0.407 e. The largest absolute Gasteiger partial charge is 0.447 e. The molecule has 0 aliphatic carbocycles. The number of carbonyl (C=O) groups excluding carboxylic acids is 3. The van der Waals surface area contributed by atoms with Crippen molar-refractivity contribution in [2.75, 3.05) is 65.3 Å². The number of nitrogens with one attached hydrogen (secondary N) is 2. The second-order valence-corrected chi connectivity index (χ2v) is 6.99. The maximum absolute atomic E-state index is 12.3. The van der Waals surface area contributed by atoms with Crippen LogP contribution in [0.3, 0.4) is 0 Å².